The second-order valence-electron chi connectivity index (χ2n) is 10.2. The van der Waals surface area contributed by atoms with Crippen molar-refractivity contribution in [1.29, 1.82) is 0 Å². The predicted molar refractivity (Wildman–Crippen MR) is 144 cm³/mol. The van der Waals surface area contributed by atoms with Gasteiger partial charge in [0.1, 0.15) is 21.7 Å². The first-order chi connectivity index (χ1) is 17.8. The lowest BCUT2D eigenvalue weighted by Crippen LogP contribution is -2.37. The van der Waals surface area contributed by atoms with E-state index in [1.807, 2.05) is 4.90 Å². The maximum absolute atomic E-state index is 11.9. The zero-order valence-corrected chi connectivity index (χ0v) is 22.3. The molecule has 0 spiro atoms. The van der Waals surface area contributed by atoms with Crippen LogP contribution in [0, 0.1) is 0 Å². The molecule has 0 bridgehead atoms. The van der Waals surface area contributed by atoms with E-state index < -0.39 is 21.8 Å². The first-order valence-corrected chi connectivity index (χ1v) is 15.3. The Labute approximate surface area is 219 Å². The summed E-state index contributed by atoms with van der Waals surface area (Å²) in [6.07, 6.45) is 12.2. The summed E-state index contributed by atoms with van der Waals surface area (Å²) in [5.74, 6) is 0.892. The van der Waals surface area contributed by atoms with Crippen LogP contribution in [-0.2, 0) is 27.5 Å². The summed E-state index contributed by atoms with van der Waals surface area (Å²) in [5.41, 5.74) is 3.41. The molecule has 10 nitrogen and oxygen atoms in total. The SMILES string of the molecule is CS(=O)(=O)CCN(CCCCc1ccc2c(n1)NCCC2)CC[C@H](Nc1ncc(C2CC2)cn1)C(=O)O. The first-order valence-electron chi connectivity index (χ1n) is 13.2. The third-order valence-electron chi connectivity index (χ3n) is 6.94. The molecular weight excluding hydrogens is 492 g/mol. The maximum atomic E-state index is 11.9. The van der Waals surface area contributed by atoms with Gasteiger partial charge < -0.3 is 20.6 Å². The molecule has 202 valence electrons. The lowest BCUT2D eigenvalue weighted by atomic mass is 10.1. The molecule has 0 aromatic carbocycles. The van der Waals surface area contributed by atoms with Crippen LogP contribution in [0.3, 0.4) is 0 Å². The number of sulfone groups is 1. The van der Waals surface area contributed by atoms with Crippen LogP contribution in [0.5, 0.6) is 0 Å². The number of unbranched alkanes of at least 4 members (excludes halogenated alkanes) is 1. The summed E-state index contributed by atoms with van der Waals surface area (Å²) >= 11 is 0. The smallest absolute Gasteiger partial charge is 0.326 e. The highest BCUT2D eigenvalue weighted by Gasteiger charge is 2.25. The van der Waals surface area contributed by atoms with Gasteiger partial charge in [-0.1, -0.05) is 6.07 Å². The number of nitrogens with one attached hydrogen (secondary N) is 2. The number of carbonyl (C=O) groups is 1. The quantitative estimate of drug-likeness (QED) is 0.295. The third kappa shape index (κ3) is 8.92. The molecule has 11 heteroatoms. The molecule has 1 aliphatic carbocycles. The fourth-order valence-electron chi connectivity index (χ4n) is 4.54. The topological polar surface area (TPSA) is 137 Å². The molecule has 0 unspecified atom stereocenters. The van der Waals surface area contributed by atoms with Gasteiger partial charge in [0.2, 0.25) is 5.95 Å². The minimum Gasteiger partial charge on any atom is -0.480 e. The summed E-state index contributed by atoms with van der Waals surface area (Å²) < 4.78 is 23.5. The number of aromatic nitrogens is 3. The van der Waals surface area contributed by atoms with E-state index in [4.69, 9.17) is 4.98 Å². The van der Waals surface area contributed by atoms with Crippen molar-refractivity contribution in [1.82, 2.24) is 19.9 Å². The van der Waals surface area contributed by atoms with E-state index in [1.54, 1.807) is 12.4 Å². The van der Waals surface area contributed by atoms with Gasteiger partial charge in [-0.05, 0) is 81.0 Å². The average Bonchev–Trinajstić information content (AvgIpc) is 3.72. The summed E-state index contributed by atoms with van der Waals surface area (Å²) in [7, 11) is -3.12. The van der Waals surface area contributed by atoms with Gasteiger partial charge in [-0.25, -0.2) is 28.2 Å². The van der Waals surface area contributed by atoms with E-state index in [2.05, 4.69) is 32.7 Å². The Balaban J connectivity index is 1.27. The summed E-state index contributed by atoms with van der Waals surface area (Å²) in [5, 5.41) is 16.0. The molecule has 3 N–H and O–H groups in total. The predicted octanol–water partition coefficient (Wildman–Crippen LogP) is 2.73. The van der Waals surface area contributed by atoms with Crippen molar-refractivity contribution < 1.29 is 18.3 Å². The molecule has 0 saturated heterocycles. The van der Waals surface area contributed by atoms with Gasteiger partial charge in [-0.2, -0.15) is 0 Å². The molecule has 3 heterocycles. The Morgan fingerprint density at radius 2 is 1.97 bits per heavy atom. The van der Waals surface area contributed by atoms with Gasteiger partial charge in [-0.3, -0.25) is 0 Å². The molecule has 1 aliphatic heterocycles. The molecular formula is C26H38N6O4S. The molecule has 2 aliphatic rings. The first kappa shape index (κ1) is 27.3. The van der Waals surface area contributed by atoms with Gasteiger partial charge in [-0.15, -0.1) is 0 Å². The van der Waals surface area contributed by atoms with Crippen LogP contribution < -0.4 is 10.6 Å². The number of anilines is 2. The van der Waals surface area contributed by atoms with Crippen LogP contribution in [0.15, 0.2) is 24.5 Å². The number of rotatable bonds is 15. The zero-order valence-electron chi connectivity index (χ0n) is 21.5. The van der Waals surface area contributed by atoms with Gasteiger partial charge in [0, 0.05) is 44.0 Å². The van der Waals surface area contributed by atoms with Gasteiger partial charge in [0.25, 0.3) is 0 Å². The van der Waals surface area contributed by atoms with Crippen LogP contribution in [0.4, 0.5) is 11.8 Å². The van der Waals surface area contributed by atoms with Crippen molar-refractivity contribution >= 4 is 27.6 Å². The summed E-state index contributed by atoms with van der Waals surface area (Å²) in [6, 6.07) is 3.39. The van der Waals surface area contributed by atoms with E-state index in [9.17, 15) is 18.3 Å². The average molecular weight is 531 g/mol. The third-order valence-corrected chi connectivity index (χ3v) is 7.87. The summed E-state index contributed by atoms with van der Waals surface area (Å²) in [6.45, 7) is 2.49. The van der Waals surface area contributed by atoms with Crippen molar-refractivity contribution in [2.75, 3.05) is 48.8 Å². The number of pyridine rings is 1. The largest absolute Gasteiger partial charge is 0.480 e. The van der Waals surface area contributed by atoms with E-state index in [-0.39, 0.29) is 5.75 Å². The molecule has 1 fully saturated rings. The maximum Gasteiger partial charge on any atom is 0.326 e. The van der Waals surface area contributed by atoms with Crippen LogP contribution >= 0.6 is 0 Å². The Kier molecular flexibility index (Phi) is 9.31. The molecule has 0 amide bonds. The fourth-order valence-corrected chi connectivity index (χ4v) is 5.13. The van der Waals surface area contributed by atoms with Crippen LogP contribution in [0.25, 0.3) is 0 Å². The Morgan fingerprint density at radius 3 is 2.68 bits per heavy atom. The van der Waals surface area contributed by atoms with Crippen molar-refractivity contribution in [3.05, 3.63) is 41.3 Å². The highest BCUT2D eigenvalue weighted by Crippen LogP contribution is 2.39. The minimum atomic E-state index is -3.12. The molecule has 4 rings (SSSR count). The second kappa shape index (κ2) is 12.6. The zero-order chi connectivity index (χ0) is 26.3. The number of carboxylic acids is 1. The Hall–Kier alpha value is -2.79. The van der Waals surface area contributed by atoms with Crippen molar-refractivity contribution in [2.45, 2.75) is 63.3 Å². The van der Waals surface area contributed by atoms with Crippen molar-refractivity contribution in [2.24, 2.45) is 0 Å². The van der Waals surface area contributed by atoms with Crippen molar-refractivity contribution in [3.63, 3.8) is 0 Å². The number of carboxylic acid groups (broad SMARTS) is 1. The van der Waals surface area contributed by atoms with E-state index in [1.165, 1.54) is 11.8 Å². The van der Waals surface area contributed by atoms with Crippen LogP contribution in [0.1, 0.15) is 61.3 Å². The van der Waals surface area contributed by atoms with E-state index in [0.29, 0.717) is 37.9 Å². The number of aryl methyl sites for hydroxylation is 2. The molecule has 2 aromatic rings. The highest BCUT2D eigenvalue weighted by atomic mass is 32.2. The minimum absolute atomic E-state index is 0.0436. The highest BCUT2D eigenvalue weighted by molar-refractivity contribution is 7.90. The van der Waals surface area contributed by atoms with E-state index in [0.717, 1.165) is 68.6 Å². The summed E-state index contributed by atoms with van der Waals surface area (Å²) in [4.78, 5) is 27.2. The molecule has 2 aromatic heterocycles. The molecule has 0 radical (unpaired) electrons. The lowest BCUT2D eigenvalue weighted by Gasteiger charge is -2.24. The fraction of sp³-hybridized carbons (Fsp3) is 0.615. The number of fused-ring (bicyclic) bond motifs is 1. The monoisotopic (exact) mass is 530 g/mol. The number of aliphatic carboxylic acids is 1. The van der Waals surface area contributed by atoms with Gasteiger partial charge >= 0.3 is 5.97 Å². The molecule has 1 saturated carbocycles. The standard InChI is InChI=1S/C26H38N6O4S/c1-37(35,36)16-15-32(13-3-2-6-22-10-9-20-5-4-12-27-24(20)30-22)14-11-23(25(33)34)31-26-28-17-21(18-29-26)19-7-8-19/h9-10,17-19,23H,2-8,11-16H2,1H3,(H,27,30)(H,33,34)(H,28,29,31)/t23-/m0/s1. The van der Waals surface area contributed by atoms with Gasteiger partial charge in [0.15, 0.2) is 0 Å². The Morgan fingerprint density at radius 1 is 1.19 bits per heavy atom. The molecule has 1 atom stereocenters. The van der Waals surface area contributed by atoms with E-state index >= 15 is 0 Å². The van der Waals surface area contributed by atoms with Crippen molar-refractivity contribution in [3.8, 4) is 0 Å². The van der Waals surface area contributed by atoms with Gasteiger partial charge in [0.05, 0.1) is 5.75 Å². The Bertz CT molecular complexity index is 1150. The normalized spacial score (nSPS) is 16.2. The van der Waals surface area contributed by atoms with Crippen LogP contribution in [0.2, 0.25) is 0 Å². The number of nitrogens with zero attached hydrogens (tertiary/aromatic N) is 4. The van der Waals surface area contributed by atoms with Crippen LogP contribution in [-0.4, -0.2) is 83.6 Å². The number of hydrogen-bond acceptors (Lipinski definition) is 9. The second-order valence-corrected chi connectivity index (χ2v) is 12.5. The lowest BCUT2D eigenvalue weighted by molar-refractivity contribution is -0.138. The molecule has 37 heavy (non-hydrogen) atoms. The number of hydrogen-bond donors (Lipinski definition) is 3.